The van der Waals surface area contributed by atoms with Crippen LogP contribution in [0.4, 0.5) is 4.39 Å². The van der Waals surface area contributed by atoms with E-state index in [0.717, 1.165) is 22.4 Å². The number of benzene rings is 2. The largest absolute Gasteiger partial charge is 0.497 e. The van der Waals surface area contributed by atoms with Crippen LogP contribution in [0.1, 0.15) is 22.1 Å². The molecule has 2 aromatic carbocycles. The first-order chi connectivity index (χ1) is 9.10. The zero-order chi connectivity index (χ0) is 13.8. The summed E-state index contributed by atoms with van der Waals surface area (Å²) < 4.78 is 18.3. The number of alkyl halides is 1. The number of hydrogen-bond donors (Lipinski definition) is 0. The Morgan fingerprint density at radius 2 is 2.00 bits per heavy atom. The minimum absolute atomic E-state index is 0.173. The number of methoxy groups -OCH3 is 1. The van der Waals surface area contributed by atoms with E-state index >= 15 is 0 Å². The highest BCUT2D eigenvalue weighted by atomic mass is 35.5. The van der Waals surface area contributed by atoms with Crippen LogP contribution in [0.25, 0.3) is 0 Å². The molecule has 2 aromatic rings. The topological polar surface area (TPSA) is 9.23 Å². The average Bonchev–Trinajstić information content (AvgIpc) is 2.38. The van der Waals surface area contributed by atoms with Crippen molar-refractivity contribution in [2.45, 2.75) is 18.7 Å². The Balaban J connectivity index is 2.18. The number of halogens is 2. The van der Waals surface area contributed by atoms with Gasteiger partial charge in [0.1, 0.15) is 11.6 Å². The Bertz CT molecular complexity index is 568. The molecule has 0 spiro atoms. The maximum absolute atomic E-state index is 13.1. The lowest BCUT2D eigenvalue weighted by atomic mass is 10.00. The van der Waals surface area contributed by atoms with Crippen LogP contribution in [-0.4, -0.2) is 7.11 Å². The van der Waals surface area contributed by atoms with Gasteiger partial charge in [-0.05, 0) is 54.3 Å². The van der Waals surface area contributed by atoms with Crippen LogP contribution in [0.15, 0.2) is 42.5 Å². The van der Waals surface area contributed by atoms with Crippen molar-refractivity contribution in [1.29, 1.82) is 0 Å². The molecule has 0 aliphatic carbocycles. The van der Waals surface area contributed by atoms with E-state index in [1.54, 1.807) is 13.2 Å². The summed E-state index contributed by atoms with van der Waals surface area (Å²) in [6.07, 6.45) is 0.604. The molecule has 0 saturated carbocycles. The van der Waals surface area contributed by atoms with Gasteiger partial charge in [0.05, 0.1) is 12.5 Å². The fourth-order valence-electron chi connectivity index (χ4n) is 2.11. The molecule has 0 aromatic heterocycles. The lowest BCUT2D eigenvalue weighted by Crippen LogP contribution is -1.99. The molecule has 3 heteroatoms. The van der Waals surface area contributed by atoms with E-state index in [9.17, 15) is 4.39 Å². The van der Waals surface area contributed by atoms with Crippen molar-refractivity contribution in [2.24, 2.45) is 0 Å². The molecule has 0 radical (unpaired) electrons. The summed E-state index contributed by atoms with van der Waals surface area (Å²) in [6.45, 7) is 2.00. The van der Waals surface area contributed by atoms with Gasteiger partial charge in [-0.3, -0.25) is 0 Å². The van der Waals surface area contributed by atoms with Crippen molar-refractivity contribution in [2.75, 3.05) is 7.11 Å². The summed E-state index contributed by atoms with van der Waals surface area (Å²) in [6, 6.07) is 12.4. The van der Waals surface area contributed by atoms with Crippen LogP contribution in [0, 0.1) is 12.7 Å². The zero-order valence-corrected chi connectivity index (χ0v) is 11.7. The molecule has 0 amide bonds. The van der Waals surface area contributed by atoms with Gasteiger partial charge in [0, 0.05) is 0 Å². The third-order valence-electron chi connectivity index (χ3n) is 3.12. The molecule has 0 N–H and O–H groups in total. The predicted octanol–water partition coefficient (Wildman–Crippen LogP) is 4.67. The van der Waals surface area contributed by atoms with E-state index in [-0.39, 0.29) is 11.2 Å². The predicted molar refractivity (Wildman–Crippen MR) is 76.4 cm³/mol. The minimum Gasteiger partial charge on any atom is -0.497 e. The second kappa shape index (κ2) is 6.07. The summed E-state index contributed by atoms with van der Waals surface area (Å²) >= 11 is 6.43. The highest BCUT2D eigenvalue weighted by molar-refractivity contribution is 6.21. The molecule has 0 aliphatic rings. The molecule has 1 atom stereocenters. The van der Waals surface area contributed by atoms with Gasteiger partial charge >= 0.3 is 0 Å². The van der Waals surface area contributed by atoms with Crippen LogP contribution in [0.5, 0.6) is 5.75 Å². The number of aryl methyl sites for hydroxylation is 1. The highest BCUT2D eigenvalue weighted by Crippen LogP contribution is 2.29. The van der Waals surface area contributed by atoms with E-state index in [1.807, 2.05) is 31.2 Å². The SMILES string of the molecule is COc1ccc(C(Cl)Cc2cccc(F)c2)c(C)c1. The molecule has 0 saturated heterocycles. The van der Waals surface area contributed by atoms with Gasteiger partial charge in [-0.25, -0.2) is 4.39 Å². The molecule has 0 aliphatic heterocycles. The van der Waals surface area contributed by atoms with E-state index < -0.39 is 0 Å². The van der Waals surface area contributed by atoms with Crippen molar-refractivity contribution < 1.29 is 9.13 Å². The highest BCUT2D eigenvalue weighted by Gasteiger charge is 2.12. The number of hydrogen-bond acceptors (Lipinski definition) is 1. The van der Waals surface area contributed by atoms with Crippen molar-refractivity contribution in [3.05, 3.63) is 65.0 Å². The Hall–Kier alpha value is -1.54. The Kier molecular flexibility index (Phi) is 4.43. The van der Waals surface area contributed by atoms with Crippen molar-refractivity contribution in [1.82, 2.24) is 0 Å². The fourth-order valence-corrected chi connectivity index (χ4v) is 2.53. The van der Waals surface area contributed by atoms with Gasteiger partial charge in [-0.2, -0.15) is 0 Å². The van der Waals surface area contributed by atoms with Gasteiger partial charge in [-0.15, -0.1) is 11.6 Å². The van der Waals surface area contributed by atoms with E-state index in [4.69, 9.17) is 16.3 Å². The maximum atomic E-state index is 13.1. The lowest BCUT2D eigenvalue weighted by molar-refractivity contribution is 0.414. The Labute approximate surface area is 118 Å². The molecule has 1 nitrogen and oxygen atoms in total. The van der Waals surface area contributed by atoms with E-state index in [2.05, 4.69) is 0 Å². The molecule has 0 fully saturated rings. The molecular formula is C16H16ClFO. The zero-order valence-electron chi connectivity index (χ0n) is 11.0. The molecule has 2 rings (SSSR count). The second-order valence-corrected chi connectivity index (χ2v) is 5.05. The molecule has 0 heterocycles. The maximum Gasteiger partial charge on any atom is 0.123 e. The minimum atomic E-state index is -0.229. The number of ether oxygens (including phenoxy) is 1. The van der Waals surface area contributed by atoms with Gasteiger partial charge in [0.2, 0.25) is 0 Å². The first kappa shape index (κ1) is 13.9. The summed E-state index contributed by atoms with van der Waals surface area (Å²) in [5.41, 5.74) is 3.03. The van der Waals surface area contributed by atoms with Crippen LogP contribution in [0.2, 0.25) is 0 Å². The third kappa shape index (κ3) is 3.48. The lowest BCUT2D eigenvalue weighted by Gasteiger charge is -2.14. The molecule has 19 heavy (non-hydrogen) atoms. The molecular weight excluding hydrogens is 263 g/mol. The summed E-state index contributed by atoms with van der Waals surface area (Å²) in [7, 11) is 1.64. The van der Waals surface area contributed by atoms with Crippen LogP contribution in [-0.2, 0) is 6.42 Å². The smallest absolute Gasteiger partial charge is 0.123 e. The summed E-state index contributed by atoms with van der Waals surface area (Å²) in [4.78, 5) is 0. The van der Waals surface area contributed by atoms with Crippen molar-refractivity contribution >= 4 is 11.6 Å². The van der Waals surface area contributed by atoms with Gasteiger partial charge in [0.25, 0.3) is 0 Å². The van der Waals surface area contributed by atoms with Crippen LogP contribution in [0.3, 0.4) is 0 Å². The average molecular weight is 279 g/mol. The van der Waals surface area contributed by atoms with Crippen molar-refractivity contribution in [3.8, 4) is 5.75 Å². The summed E-state index contributed by atoms with van der Waals surface area (Å²) in [5, 5.41) is -0.173. The van der Waals surface area contributed by atoms with Gasteiger partial charge in [0.15, 0.2) is 0 Å². The number of rotatable bonds is 4. The third-order valence-corrected chi connectivity index (χ3v) is 3.51. The molecule has 0 bridgehead atoms. The Morgan fingerprint density at radius 1 is 1.21 bits per heavy atom. The van der Waals surface area contributed by atoms with Gasteiger partial charge in [-0.1, -0.05) is 18.2 Å². The normalized spacial score (nSPS) is 12.2. The molecule has 100 valence electrons. The second-order valence-electron chi connectivity index (χ2n) is 4.52. The van der Waals surface area contributed by atoms with E-state index in [1.165, 1.54) is 12.1 Å². The molecule has 1 unspecified atom stereocenters. The van der Waals surface area contributed by atoms with E-state index in [0.29, 0.717) is 6.42 Å². The van der Waals surface area contributed by atoms with Crippen LogP contribution < -0.4 is 4.74 Å². The Morgan fingerprint density at radius 3 is 2.63 bits per heavy atom. The monoisotopic (exact) mass is 278 g/mol. The standard InChI is InChI=1S/C16H16ClFO/c1-11-8-14(19-2)6-7-15(11)16(17)10-12-4-3-5-13(18)9-12/h3-9,16H,10H2,1-2H3. The first-order valence-electron chi connectivity index (χ1n) is 6.13. The fraction of sp³-hybridized carbons (Fsp3) is 0.250. The van der Waals surface area contributed by atoms with Crippen molar-refractivity contribution in [3.63, 3.8) is 0 Å². The first-order valence-corrected chi connectivity index (χ1v) is 6.57. The quantitative estimate of drug-likeness (QED) is 0.739. The van der Waals surface area contributed by atoms with Crippen LogP contribution >= 0.6 is 11.6 Å². The summed E-state index contributed by atoms with van der Waals surface area (Å²) in [5.74, 6) is 0.587. The van der Waals surface area contributed by atoms with Gasteiger partial charge < -0.3 is 4.74 Å².